The minimum absolute atomic E-state index is 0.123. The Bertz CT molecular complexity index is 2250. The predicted octanol–water partition coefficient (Wildman–Crippen LogP) is 6.75. The van der Waals surface area contributed by atoms with Crippen LogP contribution in [0.4, 0.5) is 21.0 Å². The van der Waals surface area contributed by atoms with Gasteiger partial charge in [-0.15, -0.1) is 0 Å². The van der Waals surface area contributed by atoms with Gasteiger partial charge in [-0.05, 0) is 80.2 Å². The molecular weight excluding hydrogens is 755 g/mol. The van der Waals surface area contributed by atoms with E-state index in [1.807, 2.05) is 44.9 Å². The summed E-state index contributed by atoms with van der Waals surface area (Å²) in [5.74, 6) is 2.34. The maximum Gasteiger partial charge on any atom is 0.407 e. The Balaban J connectivity index is 1.02. The minimum Gasteiger partial charge on any atom is -0.453 e. The zero-order chi connectivity index (χ0) is 41.5. The first-order valence-electron chi connectivity index (χ1n) is 20.6. The number of imidazole rings is 2. The summed E-state index contributed by atoms with van der Waals surface area (Å²) in [6.45, 7) is 9.62. The second-order valence-corrected chi connectivity index (χ2v) is 16.5. The van der Waals surface area contributed by atoms with E-state index in [1.165, 1.54) is 19.8 Å². The number of rotatable bonds is 10. The Hall–Kier alpha value is -6.06. The van der Waals surface area contributed by atoms with E-state index in [9.17, 15) is 19.2 Å². The van der Waals surface area contributed by atoms with Gasteiger partial charge in [-0.3, -0.25) is 9.59 Å². The molecule has 4 N–H and O–H groups in total. The smallest absolute Gasteiger partial charge is 0.407 e. The van der Waals surface area contributed by atoms with Crippen LogP contribution in [0.25, 0.3) is 22.5 Å². The van der Waals surface area contributed by atoms with Gasteiger partial charge in [0.05, 0.1) is 61.5 Å². The van der Waals surface area contributed by atoms with Gasteiger partial charge in [0.1, 0.15) is 23.7 Å². The van der Waals surface area contributed by atoms with Crippen LogP contribution in [-0.2, 0) is 25.5 Å². The average molecular weight is 808 g/mol. The number of aromatic nitrogens is 4. The van der Waals surface area contributed by atoms with Crippen molar-refractivity contribution in [3.05, 3.63) is 59.9 Å². The molecule has 4 unspecified atom stereocenters. The number of hydrogen-bond acceptors (Lipinski definition) is 10. The van der Waals surface area contributed by atoms with Gasteiger partial charge in [0.2, 0.25) is 11.8 Å². The third-order valence-electron chi connectivity index (χ3n) is 12.0. The zero-order valence-electron chi connectivity index (χ0n) is 34.5. The summed E-state index contributed by atoms with van der Waals surface area (Å²) in [5.41, 5.74) is 6.74. The van der Waals surface area contributed by atoms with Crippen LogP contribution in [0.1, 0.15) is 89.1 Å². The van der Waals surface area contributed by atoms with Crippen LogP contribution in [0.5, 0.6) is 11.5 Å². The molecule has 2 saturated heterocycles. The predicted molar refractivity (Wildman–Crippen MR) is 219 cm³/mol. The van der Waals surface area contributed by atoms with Crippen LogP contribution in [-0.4, -0.2) is 99.7 Å². The molecule has 2 aromatic heterocycles. The number of nitrogens with zero attached hydrogens (tertiary/aromatic N) is 5. The molecule has 4 aromatic rings. The fraction of sp³-hybridized carbons (Fsp3) is 0.488. The first-order chi connectivity index (χ1) is 28.4. The number of anilines is 2. The number of carbonyl (C=O) groups is 4. The highest BCUT2D eigenvalue weighted by Gasteiger charge is 2.39. The first-order valence-corrected chi connectivity index (χ1v) is 20.6. The average Bonchev–Trinajstić information content (AvgIpc) is 4.08. The van der Waals surface area contributed by atoms with E-state index in [0.717, 1.165) is 90.5 Å². The van der Waals surface area contributed by atoms with Gasteiger partial charge in [0, 0.05) is 30.8 Å². The molecule has 2 aromatic carbocycles. The Morgan fingerprint density at radius 3 is 1.81 bits per heavy atom. The lowest BCUT2D eigenvalue weighted by atomic mass is 9.95. The van der Waals surface area contributed by atoms with E-state index in [4.69, 9.17) is 24.2 Å². The highest BCUT2D eigenvalue weighted by atomic mass is 16.5. The number of nitrogens with one attached hydrogen (secondary N) is 4. The van der Waals surface area contributed by atoms with E-state index in [1.54, 1.807) is 11.1 Å². The fourth-order valence-corrected chi connectivity index (χ4v) is 8.97. The molecule has 4 aliphatic heterocycles. The van der Waals surface area contributed by atoms with Crippen molar-refractivity contribution < 1.29 is 33.4 Å². The highest BCUT2D eigenvalue weighted by Crippen LogP contribution is 2.52. The molecule has 4 amide bonds. The Morgan fingerprint density at radius 1 is 0.729 bits per heavy atom. The Morgan fingerprint density at radius 2 is 1.27 bits per heavy atom. The molecule has 0 radical (unpaired) electrons. The minimum atomic E-state index is -0.710. The van der Waals surface area contributed by atoms with Crippen LogP contribution in [0.3, 0.4) is 0 Å². The van der Waals surface area contributed by atoms with Gasteiger partial charge in [-0.25, -0.2) is 19.6 Å². The molecule has 16 nitrogen and oxygen atoms in total. The SMILES string of the molecule is COC(=O)NC(C(=O)N1CCCC1c1ncc(-c2ccc3c(c2)Oc2cc(-c4cnc(C5CCCN5C(=O)C(NC(=O)OC)C(C)C)[nH]4)cc4c2N3CCC4)[nH]1)C(C)C. The molecule has 2 fully saturated rings. The van der Waals surface area contributed by atoms with Crippen molar-refractivity contribution in [3.63, 3.8) is 0 Å². The summed E-state index contributed by atoms with van der Waals surface area (Å²) in [6, 6.07) is 8.54. The van der Waals surface area contributed by atoms with Crippen LogP contribution < -0.4 is 20.3 Å². The van der Waals surface area contributed by atoms with E-state index in [0.29, 0.717) is 24.7 Å². The van der Waals surface area contributed by atoms with Crippen molar-refractivity contribution in [2.45, 2.75) is 90.4 Å². The number of fused-ring (bicyclic) bond motifs is 2. The first kappa shape index (κ1) is 39.8. The van der Waals surface area contributed by atoms with Crippen molar-refractivity contribution in [2.24, 2.45) is 11.8 Å². The molecule has 4 atom stereocenters. The number of ether oxygens (including phenoxy) is 3. The molecule has 59 heavy (non-hydrogen) atoms. The molecule has 4 aliphatic rings. The number of alkyl carbamates (subject to hydrolysis) is 2. The van der Waals surface area contributed by atoms with Crippen molar-refractivity contribution in [1.82, 2.24) is 40.4 Å². The lowest BCUT2D eigenvalue weighted by Crippen LogP contribution is -2.51. The van der Waals surface area contributed by atoms with Crippen molar-refractivity contribution in [1.29, 1.82) is 0 Å². The van der Waals surface area contributed by atoms with Crippen LogP contribution in [0.15, 0.2) is 42.7 Å². The van der Waals surface area contributed by atoms with Gasteiger partial charge in [0.15, 0.2) is 11.5 Å². The number of aryl methyl sites for hydroxylation is 1. The zero-order valence-corrected chi connectivity index (χ0v) is 34.5. The van der Waals surface area contributed by atoms with E-state index < -0.39 is 24.3 Å². The standard InChI is InChI=1S/C43H53N9O7/c1-23(2)35(48-42(55)57-5)40(53)51-16-8-11-31(51)38-44-21-28(46-38)25-13-14-30-33(19-25)59-34-20-27(18-26-10-7-15-50(30)37(26)34)29-22-45-39(47-29)32-12-9-17-52(32)41(54)36(24(3)4)49-43(56)58-6/h13-14,18-24,31-32,35-36H,7-12,15-17H2,1-6H3,(H,44,46)(H,45,47)(H,48,55)(H,49,56). The van der Waals surface area contributed by atoms with Crippen LogP contribution in [0.2, 0.25) is 0 Å². The van der Waals surface area contributed by atoms with E-state index in [-0.39, 0.29) is 35.7 Å². The monoisotopic (exact) mass is 807 g/mol. The Labute approximate surface area is 343 Å². The molecule has 6 heterocycles. The maximum absolute atomic E-state index is 13.7. The molecule has 312 valence electrons. The molecule has 0 aliphatic carbocycles. The lowest BCUT2D eigenvalue weighted by Gasteiger charge is -2.37. The van der Waals surface area contributed by atoms with Crippen molar-refractivity contribution in [2.75, 3.05) is 38.8 Å². The molecule has 8 rings (SSSR count). The lowest BCUT2D eigenvalue weighted by molar-refractivity contribution is -0.136. The third kappa shape index (κ3) is 7.56. The van der Waals surface area contributed by atoms with E-state index in [2.05, 4.69) is 49.8 Å². The summed E-state index contributed by atoms with van der Waals surface area (Å²) in [4.78, 5) is 74.0. The van der Waals surface area contributed by atoms with E-state index >= 15 is 0 Å². The van der Waals surface area contributed by atoms with Crippen molar-refractivity contribution in [3.8, 4) is 34.0 Å². The fourth-order valence-electron chi connectivity index (χ4n) is 8.97. The number of likely N-dealkylation sites (tertiary alicyclic amines) is 2. The normalized spacial score (nSPS) is 19.2. The number of hydrogen-bond donors (Lipinski definition) is 4. The topological polar surface area (TPSA) is 187 Å². The molecule has 0 bridgehead atoms. The molecular formula is C43H53N9O7. The summed E-state index contributed by atoms with van der Waals surface area (Å²) < 4.78 is 16.3. The maximum atomic E-state index is 13.7. The van der Waals surface area contributed by atoms with Gasteiger partial charge in [-0.2, -0.15) is 0 Å². The van der Waals surface area contributed by atoms with Gasteiger partial charge in [0.25, 0.3) is 0 Å². The number of aromatic amines is 2. The van der Waals surface area contributed by atoms with Gasteiger partial charge < -0.3 is 49.5 Å². The van der Waals surface area contributed by atoms with Crippen LogP contribution >= 0.6 is 0 Å². The summed E-state index contributed by atoms with van der Waals surface area (Å²) >= 11 is 0. The number of amides is 4. The van der Waals surface area contributed by atoms with Gasteiger partial charge in [-0.1, -0.05) is 33.8 Å². The third-order valence-corrected chi connectivity index (χ3v) is 12.0. The summed E-state index contributed by atoms with van der Waals surface area (Å²) in [5, 5.41) is 5.42. The highest BCUT2D eigenvalue weighted by molar-refractivity contribution is 5.88. The second-order valence-electron chi connectivity index (χ2n) is 16.5. The number of benzene rings is 2. The number of carbonyl (C=O) groups excluding carboxylic acids is 4. The Kier molecular flexibility index (Phi) is 11.0. The second kappa shape index (κ2) is 16.3. The quantitative estimate of drug-likeness (QED) is 0.134. The largest absolute Gasteiger partial charge is 0.453 e. The molecule has 0 spiro atoms. The van der Waals surface area contributed by atoms with Crippen molar-refractivity contribution >= 4 is 35.4 Å². The molecule has 0 saturated carbocycles. The molecule has 16 heteroatoms. The number of methoxy groups -OCH3 is 2. The summed E-state index contributed by atoms with van der Waals surface area (Å²) in [6.07, 6.45) is 7.42. The summed E-state index contributed by atoms with van der Waals surface area (Å²) in [7, 11) is 2.58. The number of H-pyrrole nitrogens is 2. The van der Waals surface area contributed by atoms with Crippen LogP contribution in [0, 0.1) is 11.8 Å². The van der Waals surface area contributed by atoms with Gasteiger partial charge >= 0.3 is 12.2 Å².